The highest BCUT2D eigenvalue weighted by molar-refractivity contribution is 9.10. The van der Waals surface area contributed by atoms with E-state index in [1.807, 2.05) is 12.1 Å². The van der Waals surface area contributed by atoms with Gasteiger partial charge in [-0.25, -0.2) is 0 Å². The van der Waals surface area contributed by atoms with Crippen LogP contribution in [0, 0.1) is 10.1 Å². The van der Waals surface area contributed by atoms with E-state index in [4.69, 9.17) is 11.6 Å². The normalized spacial score (nSPS) is 10.5. The lowest BCUT2D eigenvalue weighted by molar-refractivity contribution is -0.390. The summed E-state index contributed by atoms with van der Waals surface area (Å²) in [5.41, 5.74) is 0.988. The fraction of sp³-hybridized carbons (Fsp3) is 0.100. The first-order chi connectivity index (χ1) is 8.08. The average Bonchev–Trinajstić information content (AvgIpc) is 2.64. The third-order valence-electron chi connectivity index (χ3n) is 2.20. The fourth-order valence-electron chi connectivity index (χ4n) is 1.38. The van der Waals surface area contributed by atoms with E-state index in [0.29, 0.717) is 16.2 Å². The minimum Gasteiger partial charge on any atom is -0.358 e. The fourth-order valence-corrected chi connectivity index (χ4v) is 1.97. The Labute approximate surface area is 110 Å². The van der Waals surface area contributed by atoms with E-state index in [-0.39, 0.29) is 5.82 Å². The molecular weight excluding hydrogens is 309 g/mol. The zero-order valence-corrected chi connectivity index (χ0v) is 10.8. The van der Waals surface area contributed by atoms with Gasteiger partial charge in [0, 0.05) is 5.02 Å². The number of halogens is 2. The topological polar surface area (TPSA) is 61.0 Å². The molecule has 2 aromatic rings. The number of hydrogen-bond donors (Lipinski definition) is 0. The second kappa shape index (κ2) is 4.85. The van der Waals surface area contributed by atoms with Gasteiger partial charge in [0.1, 0.15) is 0 Å². The first-order valence-corrected chi connectivity index (χ1v) is 5.84. The van der Waals surface area contributed by atoms with Crippen LogP contribution in [0.1, 0.15) is 5.56 Å². The van der Waals surface area contributed by atoms with Gasteiger partial charge in [0.2, 0.25) is 6.33 Å². The maximum Gasteiger partial charge on any atom is 0.396 e. The third-order valence-corrected chi connectivity index (χ3v) is 3.26. The highest BCUT2D eigenvalue weighted by Crippen LogP contribution is 2.23. The summed E-state index contributed by atoms with van der Waals surface area (Å²) in [5.74, 6) is -0.182. The van der Waals surface area contributed by atoms with Crippen LogP contribution in [0.15, 0.2) is 35.2 Å². The Bertz CT molecular complexity index is 553. The summed E-state index contributed by atoms with van der Waals surface area (Å²) in [4.78, 5) is 13.8. The second-order valence-electron chi connectivity index (χ2n) is 3.37. The smallest absolute Gasteiger partial charge is 0.358 e. The van der Waals surface area contributed by atoms with Gasteiger partial charge >= 0.3 is 5.82 Å². The molecule has 0 aliphatic heterocycles. The molecule has 88 valence electrons. The van der Waals surface area contributed by atoms with Crippen molar-refractivity contribution in [1.82, 2.24) is 9.55 Å². The summed E-state index contributed by atoms with van der Waals surface area (Å²) in [6.07, 6.45) is 1.43. The van der Waals surface area contributed by atoms with Crippen molar-refractivity contribution in [3.05, 3.63) is 55.9 Å². The number of hydrogen-bond acceptors (Lipinski definition) is 3. The first kappa shape index (κ1) is 12.1. The highest BCUT2D eigenvalue weighted by Gasteiger charge is 2.18. The van der Waals surface area contributed by atoms with E-state index in [1.165, 1.54) is 6.33 Å². The van der Waals surface area contributed by atoms with E-state index in [9.17, 15) is 10.1 Å². The van der Waals surface area contributed by atoms with Crippen molar-refractivity contribution in [2.24, 2.45) is 0 Å². The van der Waals surface area contributed by atoms with Crippen LogP contribution in [0.5, 0.6) is 0 Å². The predicted octanol–water partition coefficient (Wildman–Crippen LogP) is 3.26. The molecule has 0 amide bonds. The van der Waals surface area contributed by atoms with Crippen molar-refractivity contribution in [3.63, 3.8) is 0 Å². The van der Waals surface area contributed by atoms with Gasteiger partial charge in [-0.3, -0.25) is 4.57 Å². The second-order valence-corrected chi connectivity index (χ2v) is 4.56. The zero-order chi connectivity index (χ0) is 12.4. The summed E-state index contributed by atoms with van der Waals surface area (Å²) in [6.45, 7) is 0.499. The molecule has 0 saturated heterocycles. The van der Waals surface area contributed by atoms with Gasteiger partial charge in [-0.2, -0.15) is 0 Å². The van der Waals surface area contributed by atoms with Gasteiger partial charge < -0.3 is 10.1 Å². The van der Waals surface area contributed by atoms with Crippen LogP contribution in [0.4, 0.5) is 5.82 Å². The first-order valence-electron chi connectivity index (χ1n) is 4.67. The Morgan fingerprint density at radius 2 is 2.06 bits per heavy atom. The third kappa shape index (κ3) is 2.65. The van der Waals surface area contributed by atoms with Gasteiger partial charge in [0.15, 0.2) is 4.60 Å². The lowest BCUT2D eigenvalue weighted by Crippen LogP contribution is -1.98. The van der Waals surface area contributed by atoms with Crippen LogP contribution in [0.2, 0.25) is 5.02 Å². The molecule has 2 rings (SSSR count). The van der Waals surface area contributed by atoms with Gasteiger partial charge in [0.05, 0.1) is 6.54 Å². The van der Waals surface area contributed by atoms with Crippen LogP contribution < -0.4 is 0 Å². The summed E-state index contributed by atoms with van der Waals surface area (Å²) in [6, 6.07) is 7.27. The van der Waals surface area contributed by atoms with Crippen LogP contribution in [-0.2, 0) is 6.54 Å². The van der Waals surface area contributed by atoms with Crippen molar-refractivity contribution >= 4 is 33.3 Å². The van der Waals surface area contributed by atoms with Gasteiger partial charge in [-0.15, -0.1) is 0 Å². The molecule has 1 heterocycles. The molecule has 0 aliphatic rings. The van der Waals surface area contributed by atoms with E-state index in [0.717, 1.165) is 5.56 Å². The van der Waals surface area contributed by atoms with Gasteiger partial charge in [-0.05, 0) is 43.5 Å². The standard InChI is InChI=1S/C10H7BrClN3O2/c11-9-10(15(16)17)13-6-14(9)5-7-1-3-8(12)4-2-7/h1-4,6H,5H2. The number of aromatic nitrogens is 2. The molecule has 5 nitrogen and oxygen atoms in total. The lowest BCUT2D eigenvalue weighted by atomic mass is 10.2. The van der Waals surface area contributed by atoms with Gasteiger partial charge in [0.25, 0.3) is 0 Å². The van der Waals surface area contributed by atoms with E-state index < -0.39 is 4.92 Å². The molecule has 0 atom stereocenters. The molecule has 0 radical (unpaired) electrons. The molecule has 0 saturated carbocycles. The Kier molecular flexibility index (Phi) is 3.44. The molecule has 1 aromatic carbocycles. The molecule has 0 spiro atoms. The maximum absolute atomic E-state index is 10.6. The minimum absolute atomic E-state index is 0.182. The average molecular weight is 317 g/mol. The maximum atomic E-state index is 10.6. The largest absolute Gasteiger partial charge is 0.396 e. The number of nitrogens with zero attached hydrogens (tertiary/aromatic N) is 3. The SMILES string of the molecule is O=[N+]([O-])c1ncn(Cc2ccc(Cl)cc2)c1Br. The van der Waals surface area contributed by atoms with E-state index in [2.05, 4.69) is 20.9 Å². The number of nitro groups is 1. The van der Waals surface area contributed by atoms with E-state index in [1.54, 1.807) is 16.7 Å². The monoisotopic (exact) mass is 315 g/mol. The molecule has 0 aliphatic carbocycles. The molecule has 0 fully saturated rings. The Morgan fingerprint density at radius 1 is 1.41 bits per heavy atom. The van der Waals surface area contributed by atoms with Crippen LogP contribution >= 0.6 is 27.5 Å². The number of rotatable bonds is 3. The van der Waals surface area contributed by atoms with Crippen molar-refractivity contribution in [2.75, 3.05) is 0 Å². The molecule has 1 aromatic heterocycles. The number of imidazole rings is 1. The Hall–Kier alpha value is -1.40. The van der Waals surface area contributed by atoms with Crippen molar-refractivity contribution in [1.29, 1.82) is 0 Å². The molecule has 0 bridgehead atoms. The van der Waals surface area contributed by atoms with Crippen LogP contribution in [0.25, 0.3) is 0 Å². The predicted molar refractivity (Wildman–Crippen MR) is 67.1 cm³/mol. The van der Waals surface area contributed by atoms with Gasteiger partial charge in [-0.1, -0.05) is 23.7 Å². The molecule has 7 heteroatoms. The molecule has 0 unspecified atom stereocenters. The summed E-state index contributed by atoms with van der Waals surface area (Å²) >= 11 is 8.93. The highest BCUT2D eigenvalue weighted by atomic mass is 79.9. The van der Waals surface area contributed by atoms with Crippen molar-refractivity contribution in [3.8, 4) is 0 Å². The van der Waals surface area contributed by atoms with E-state index >= 15 is 0 Å². The molecule has 17 heavy (non-hydrogen) atoms. The summed E-state index contributed by atoms with van der Waals surface area (Å²) in [5, 5.41) is 11.3. The number of benzene rings is 1. The Balaban J connectivity index is 2.24. The summed E-state index contributed by atoms with van der Waals surface area (Å²) in [7, 11) is 0. The van der Waals surface area contributed by atoms with Crippen molar-refractivity contribution in [2.45, 2.75) is 6.54 Å². The minimum atomic E-state index is -0.525. The zero-order valence-electron chi connectivity index (χ0n) is 8.51. The summed E-state index contributed by atoms with van der Waals surface area (Å²) < 4.78 is 2.01. The lowest BCUT2D eigenvalue weighted by Gasteiger charge is -2.02. The van der Waals surface area contributed by atoms with Crippen molar-refractivity contribution < 1.29 is 4.92 Å². The molecule has 0 N–H and O–H groups in total. The molecular formula is C10H7BrClN3O2. The van der Waals surface area contributed by atoms with Crippen LogP contribution in [0.3, 0.4) is 0 Å². The Morgan fingerprint density at radius 3 is 2.59 bits per heavy atom. The van der Waals surface area contributed by atoms with Crippen LogP contribution in [-0.4, -0.2) is 14.5 Å². The quantitative estimate of drug-likeness (QED) is 0.645.